The Kier molecular flexibility index (Phi) is 4.29. The largest absolute Gasteiger partial charge is 0.327 e. The number of nitrogens with zero attached hydrogens (tertiary/aromatic N) is 2. The molecule has 0 aliphatic carbocycles. The van der Waals surface area contributed by atoms with E-state index in [1.165, 1.54) is 30.7 Å². The fourth-order valence-corrected chi connectivity index (χ4v) is 3.64. The summed E-state index contributed by atoms with van der Waals surface area (Å²) >= 11 is 2.07. The first-order valence-corrected chi connectivity index (χ1v) is 7.16. The molecule has 0 radical (unpaired) electrons. The Labute approximate surface area is 102 Å². The van der Waals surface area contributed by atoms with E-state index in [9.17, 15) is 0 Å². The summed E-state index contributed by atoms with van der Waals surface area (Å²) in [4.78, 5) is 0. The van der Waals surface area contributed by atoms with Gasteiger partial charge in [-0.25, -0.2) is 0 Å². The van der Waals surface area contributed by atoms with Gasteiger partial charge >= 0.3 is 0 Å². The minimum Gasteiger partial charge on any atom is -0.327 e. The Balaban J connectivity index is 1.78. The number of hydrogen-bond acceptors (Lipinski definition) is 3. The number of aryl methyl sites for hydroxylation is 2. The van der Waals surface area contributed by atoms with Crippen LogP contribution in [0.25, 0.3) is 0 Å². The van der Waals surface area contributed by atoms with Gasteiger partial charge in [0.05, 0.1) is 0 Å². The zero-order valence-corrected chi connectivity index (χ0v) is 10.7. The van der Waals surface area contributed by atoms with Gasteiger partial charge in [0.25, 0.3) is 0 Å². The minimum atomic E-state index is 0.347. The van der Waals surface area contributed by atoms with E-state index in [1.54, 1.807) is 0 Å². The molecule has 1 aliphatic rings. The summed E-state index contributed by atoms with van der Waals surface area (Å²) in [5, 5.41) is 4.86. The lowest BCUT2D eigenvalue weighted by atomic mass is 10.0. The first kappa shape index (κ1) is 12.0. The van der Waals surface area contributed by atoms with Crippen molar-refractivity contribution in [3.63, 3.8) is 0 Å². The Bertz CT molecular complexity index is 318. The molecular formula is C12H21N3S. The third-order valence-electron chi connectivity index (χ3n) is 3.35. The van der Waals surface area contributed by atoms with E-state index < -0.39 is 0 Å². The molecule has 2 unspecified atom stereocenters. The van der Waals surface area contributed by atoms with E-state index in [1.807, 2.05) is 17.9 Å². The number of hydrogen-bond donors (Lipinski definition) is 1. The second-order valence-corrected chi connectivity index (χ2v) is 5.90. The Hall–Kier alpha value is -0.480. The highest BCUT2D eigenvalue weighted by molar-refractivity contribution is 8.00. The van der Waals surface area contributed by atoms with Gasteiger partial charge in [0.1, 0.15) is 0 Å². The normalized spacial score (nSPS) is 23.2. The number of aromatic nitrogens is 2. The molecule has 1 aromatic rings. The molecule has 4 heteroatoms. The first-order chi connectivity index (χ1) is 7.77. The monoisotopic (exact) mass is 239 g/mol. The van der Waals surface area contributed by atoms with Crippen LogP contribution in [-0.2, 0) is 13.5 Å². The Morgan fingerprint density at radius 3 is 3.12 bits per heavy atom. The van der Waals surface area contributed by atoms with Crippen molar-refractivity contribution in [1.29, 1.82) is 0 Å². The van der Waals surface area contributed by atoms with Crippen LogP contribution in [0.2, 0.25) is 0 Å². The molecule has 3 nitrogen and oxygen atoms in total. The van der Waals surface area contributed by atoms with Crippen LogP contribution in [0.1, 0.15) is 31.4 Å². The summed E-state index contributed by atoms with van der Waals surface area (Å²) < 4.78 is 1.95. The van der Waals surface area contributed by atoms with Crippen LogP contribution in [0.15, 0.2) is 12.3 Å². The molecule has 0 aromatic carbocycles. The van der Waals surface area contributed by atoms with Crippen molar-refractivity contribution < 1.29 is 0 Å². The van der Waals surface area contributed by atoms with Crippen molar-refractivity contribution in [1.82, 2.24) is 9.78 Å². The molecule has 0 bridgehead atoms. The summed E-state index contributed by atoms with van der Waals surface area (Å²) in [7, 11) is 2.00. The summed E-state index contributed by atoms with van der Waals surface area (Å²) in [6.45, 7) is 0. The lowest BCUT2D eigenvalue weighted by Gasteiger charge is -2.26. The third-order valence-corrected chi connectivity index (χ3v) is 4.89. The van der Waals surface area contributed by atoms with Gasteiger partial charge in [-0.15, -0.1) is 0 Å². The zero-order valence-electron chi connectivity index (χ0n) is 9.93. The predicted molar refractivity (Wildman–Crippen MR) is 69.6 cm³/mol. The molecule has 2 heterocycles. The fraction of sp³-hybridized carbons (Fsp3) is 0.750. The molecule has 1 fully saturated rings. The van der Waals surface area contributed by atoms with Gasteiger partial charge in [-0.1, -0.05) is 6.42 Å². The number of nitrogens with two attached hydrogens (primary N) is 1. The average molecular weight is 239 g/mol. The maximum atomic E-state index is 6.26. The van der Waals surface area contributed by atoms with E-state index in [-0.39, 0.29) is 0 Å². The van der Waals surface area contributed by atoms with E-state index in [2.05, 4.69) is 22.9 Å². The molecule has 2 N–H and O–H groups in total. The van der Waals surface area contributed by atoms with E-state index in [0.717, 1.165) is 12.8 Å². The lowest BCUT2D eigenvalue weighted by Crippen LogP contribution is -2.34. The van der Waals surface area contributed by atoms with Gasteiger partial charge < -0.3 is 5.73 Å². The molecule has 1 aromatic heterocycles. The van der Waals surface area contributed by atoms with Gasteiger partial charge in [-0.2, -0.15) is 16.9 Å². The topological polar surface area (TPSA) is 43.8 Å². The van der Waals surface area contributed by atoms with E-state index >= 15 is 0 Å². The first-order valence-electron chi connectivity index (χ1n) is 6.11. The fourth-order valence-electron chi connectivity index (χ4n) is 2.25. The molecule has 1 aliphatic heterocycles. The Morgan fingerprint density at radius 2 is 2.50 bits per heavy atom. The Morgan fingerprint density at radius 1 is 1.62 bits per heavy atom. The molecule has 2 atom stereocenters. The van der Waals surface area contributed by atoms with Gasteiger partial charge in [0.15, 0.2) is 0 Å². The van der Waals surface area contributed by atoms with Crippen LogP contribution in [0.5, 0.6) is 0 Å². The molecule has 0 saturated carbocycles. The minimum absolute atomic E-state index is 0.347. The second-order valence-electron chi connectivity index (χ2n) is 4.55. The van der Waals surface area contributed by atoms with Crippen molar-refractivity contribution in [3.05, 3.63) is 18.0 Å². The third kappa shape index (κ3) is 3.01. The average Bonchev–Trinajstić information content (AvgIpc) is 2.73. The molecule has 2 rings (SSSR count). The van der Waals surface area contributed by atoms with Crippen molar-refractivity contribution in [2.24, 2.45) is 12.8 Å². The molecule has 90 valence electrons. The molecule has 0 spiro atoms. The van der Waals surface area contributed by atoms with Crippen LogP contribution in [0.4, 0.5) is 0 Å². The van der Waals surface area contributed by atoms with Crippen LogP contribution in [0.3, 0.4) is 0 Å². The summed E-state index contributed by atoms with van der Waals surface area (Å²) in [5.41, 5.74) is 7.55. The van der Waals surface area contributed by atoms with E-state index in [4.69, 9.17) is 5.73 Å². The second kappa shape index (κ2) is 5.73. The van der Waals surface area contributed by atoms with Crippen LogP contribution >= 0.6 is 11.8 Å². The molecule has 0 amide bonds. The van der Waals surface area contributed by atoms with Crippen molar-refractivity contribution in [2.75, 3.05) is 5.75 Å². The van der Waals surface area contributed by atoms with Crippen molar-refractivity contribution in [2.45, 2.75) is 43.4 Å². The summed E-state index contributed by atoms with van der Waals surface area (Å²) in [6.07, 6.45) is 8.02. The van der Waals surface area contributed by atoms with Gasteiger partial charge in [0.2, 0.25) is 0 Å². The van der Waals surface area contributed by atoms with Crippen LogP contribution in [-0.4, -0.2) is 26.8 Å². The summed E-state index contributed by atoms with van der Waals surface area (Å²) in [6, 6.07) is 2.43. The highest BCUT2D eigenvalue weighted by atomic mass is 32.2. The van der Waals surface area contributed by atoms with Gasteiger partial charge in [-0.05, 0) is 37.5 Å². The van der Waals surface area contributed by atoms with Crippen molar-refractivity contribution >= 4 is 11.8 Å². The lowest BCUT2D eigenvalue weighted by molar-refractivity contribution is 0.524. The van der Waals surface area contributed by atoms with Crippen molar-refractivity contribution in [3.8, 4) is 0 Å². The predicted octanol–water partition coefficient (Wildman–Crippen LogP) is 1.97. The van der Waals surface area contributed by atoms with Crippen LogP contribution < -0.4 is 5.73 Å². The van der Waals surface area contributed by atoms with Gasteiger partial charge in [-0.3, -0.25) is 4.68 Å². The van der Waals surface area contributed by atoms with Crippen LogP contribution in [0, 0.1) is 0 Å². The molecular weight excluding hydrogens is 218 g/mol. The number of thioether (sulfide) groups is 1. The van der Waals surface area contributed by atoms with E-state index in [0.29, 0.717) is 11.3 Å². The SMILES string of the molecule is Cn1nccc1CCC(N)C1CCCCS1. The smallest absolute Gasteiger partial charge is 0.0492 e. The molecule has 16 heavy (non-hydrogen) atoms. The number of rotatable bonds is 4. The van der Waals surface area contributed by atoms with Gasteiger partial charge in [0, 0.05) is 30.2 Å². The standard InChI is InChI=1S/C12H21N3S/c1-15-10(7-8-14-15)5-6-11(13)12-4-2-3-9-16-12/h7-8,11-12H,2-6,9,13H2,1H3. The molecule has 1 saturated heterocycles. The highest BCUT2D eigenvalue weighted by Crippen LogP contribution is 2.28. The zero-order chi connectivity index (χ0) is 11.4. The maximum Gasteiger partial charge on any atom is 0.0492 e. The maximum absolute atomic E-state index is 6.26. The highest BCUT2D eigenvalue weighted by Gasteiger charge is 2.20. The quantitative estimate of drug-likeness (QED) is 0.873. The summed E-state index contributed by atoms with van der Waals surface area (Å²) in [5.74, 6) is 1.30.